The summed E-state index contributed by atoms with van der Waals surface area (Å²) in [5.41, 5.74) is -0.768. The van der Waals surface area contributed by atoms with Gasteiger partial charge < -0.3 is 5.32 Å². The molecule has 1 saturated carbocycles. The van der Waals surface area contributed by atoms with Crippen molar-refractivity contribution in [1.29, 1.82) is 0 Å². The van der Waals surface area contributed by atoms with E-state index in [1.165, 1.54) is 0 Å². The van der Waals surface area contributed by atoms with Gasteiger partial charge in [-0.15, -0.1) is 5.10 Å². The third kappa shape index (κ3) is 2.01. The number of nitrogens with one attached hydrogen (secondary N) is 1. The second-order valence-electron chi connectivity index (χ2n) is 6.19. The summed E-state index contributed by atoms with van der Waals surface area (Å²) >= 11 is 0. The van der Waals surface area contributed by atoms with E-state index in [1.807, 2.05) is 0 Å². The molecule has 2 aromatic rings. The molecular formula is C15H15N5O3. The van der Waals surface area contributed by atoms with Gasteiger partial charge in [0.15, 0.2) is 0 Å². The molecule has 1 aromatic carbocycles. The van der Waals surface area contributed by atoms with Crippen LogP contribution < -0.4 is 10.9 Å². The summed E-state index contributed by atoms with van der Waals surface area (Å²) in [6, 6.07) is 6.33. The van der Waals surface area contributed by atoms with Crippen molar-refractivity contribution >= 4 is 22.8 Å². The highest BCUT2D eigenvalue weighted by Gasteiger charge is 2.56. The molecule has 1 N–H and O–H groups in total. The molecule has 0 bridgehead atoms. The van der Waals surface area contributed by atoms with Crippen LogP contribution in [-0.2, 0) is 11.5 Å². The van der Waals surface area contributed by atoms with Gasteiger partial charge in [0, 0.05) is 0 Å². The molecular weight excluding hydrogens is 298 g/mol. The van der Waals surface area contributed by atoms with Crippen LogP contribution in [0.3, 0.4) is 0 Å². The molecule has 8 nitrogen and oxygen atoms in total. The maximum atomic E-state index is 12.6. The number of urea groups is 1. The Bertz CT molecular complexity index is 888. The van der Waals surface area contributed by atoms with Gasteiger partial charge >= 0.3 is 6.03 Å². The van der Waals surface area contributed by atoms with Crippen molar-refractivity contribution in [2.24, 2.45) is 5.92 Å². The third-order valence-electron chi connectivity index (χ3n) is 4.60. The Morgan fingerprint density at radius 2 is 2.00 bits per heavy atom. The highest BCUT2D eigenvalue weighted by molar-refractivity contribution is 6.06. The second-order valence-corrected chi connectivity index (χ2v) is 6.19. The normalized spacial score (nSPS) is 24.3. The minimum absolute atomic E-state index is 0.170. The predicted octanol–water partition coefficient (Wildman–Crippen LogP) is 0.469. The zero-order chi connectivity index (χ0) is 16.2. The Kier molecular flexibility index (Phi) is 2.78. The zero-order valence-corrected chi connectivity index (χ0v) is 12.5. The van der Waals surface area contributed by atoms with Crippen LogP contribution >= 0.6 is 0 Å². The summed E-state index contributed by atoms with van der Waals surface area (Å²) in [5, 5.41) is 10.9. The van der Waals surface area contributed by atoms with Crippen molar-refractivity contribution in [3.8, 4) is 0 Å². The minimum atomic E-state index is -0.870. The Morgan fingerprint density at radius 1 is 1.26 bits per heavy atom. The topological polar surface area (TPSA) is 97.2 Å². The van der Waals surface area contributed by atoms with E-state index in [1.54, 1.807) is 31.2 Å². The molecule has 2 heterocycles. The Balaban J connectivity index is 1.68. The summed E-state index contributed by atoms with van der Waals surface area (Å²) < 4.78 is 1.04. The smallest absolute Gasteiger partial charge is 0.323 e. The average Bonchev–Trinajstić information content (AvgIpc) is 3.36. The van der Waals surface area contributed by atoms with Crippen LogP contribution in [0.5, 0.6) is 0 Å². The molecule has 1 atom stereocenters. The van der Waals surface area contributed by atoms with Gasteiger partial charge in [-0.05, 0) is 37.8 Å². The molecule has 1 saturated heterocycles. The monoisotopic (exact) mass is 313 g/mol. The molecule has 0 radical (unpaired) electrons. The highest BCUT2D eigenvalue weighted by Crippen LogP contribution is 2.42. The molecule has 2 fully saturated rings. The Labute approximate surface area is 131 Å². The molecule has 8 heteroatoms. The lowest BCUT2D eigenvalue weighted by molar-refractivity contribution is -0.132. The summed E-state index contributed by atoms with van der Waals surface area (Å²) in [5.74, 6) is -0.143. The molecule has 3 amide bonds. The van der Waals surface area contributed by atoms with E-state index >= 15 is 0 Å². The Hall–Kier alpha value is -2.77. The van der Waals surface area contributed by atoms with E-state index in [0.717, 1.165) is 22.4 Å². The van der Waals surface area contributed by atoms with Gasteiger partial charge in [-0.25, -0.2) is 9.69 Å². The van der Waals surface area contributed by atoms with Crippen molar-refractivity contribution in [3.05, 3.63) is 34.6 Å². The minimum Gasteiger partial charge on any atom is -0.323 e. The van der Waals surface area contributed by atoms with Gasteiger partial charge in [0.2, 0.25) is 0 Å². The van der Waals surface area contributed by atoms with Crippen molar-refractivity contribution < 1.29 is 9.59 Å². The number of nitrogens with zero attached hydrogens (tertiary/aromatic N) is 4. The first-order valence-corrected chi connectivity index (χ1v) is 7.47. The fourth-order valence-electron chi connectivity index (χ4n) is 3.03. The molecule has 1 aliphatic carbocycles. The summed E-state index contributed by atoms with van der Waals surface area (Å²) in [6.07, 6.45) is 1.85. The zero-order valence-electron chi connectivity index (χ0n) is 12.5. The number of amides is 3. The number of hydrogen-bond donors (Lipinski definition) is 1. The second kappa shape index (κ2) is 4.61. The summed E-state index contributed by atoms with van der Waals surface area (Å²) in [4.78, 5) is 38.2. The first-order valence-electron chi connectivity index (χ1n) is 7.47. The number of aromatic nitrogens is 3. The molecule has 1 aromatic heterocycles. The molecule has 1 aliphatic heterocycles. The van der Waals surface area contributed by atoms with E-state index in [0.29, 0.717) is 10.9 Å². The predicted molar refractivity (Wildman–Crippen MR) is 80.3 cm³/mol. The number of carbonyl (C=O) groups is 2. The summed E-state index contributed by atoms with van der Waals surface area (Å²) in [7, 11) is 0. The van der Waals surface area contributed by atoms with Crippen molar-refractivity contribution in [2.75, 3.05) is 0 Å². The van der Waals surface area contributed by atoms with E-state index < -0.39 is 11.6 Å². The maximum Gasteiger partial charge on any atom is 0.326 e. The molecule has 4 rings (SSSR count). The first kappa shape index (κ1) is 13.9. The van der Waals surface area contributed by atoms with Gasteiger partial charge in [0.1, 0.15) is 17.7 Å². The lowest BCUT2D eigenvalue weighted by Gasteiger charge is -2.20. The fourth-order valence-corrected chi connectivity index (χ4v) is 3.03. The lowest BCUT2D eigenvalue weighted by Crippen LogP contribution is -2.46. The summed E-state index contributed by atoms with van der Waals surface area (Å²) in [6.45, 7) is 1.50. The highest BCUT2D eigenvalue weighted by atomic mass is 16.2. The molecule has 1 unspecified atom stereocenters. The number of imide groups is 1. The first-order chi connectivity index (χ1) is 11.0. The number of fused-ring (bicyclic) bond motifs is 1. The van der Waals surface area contributed by atoms with Crippen molar-refractivity contribution in [2.45, 2.75) is 32.0 Å². The maximum absolute atomic E-state index is 12.6. The molecule has 0 spiro atoms. The fraction of sp³-hybridized carbons (Fsp3) is 0.400. The van der Waals surface area contributed by atoms with Gasteiger partial charge in [-0.2, -0.15) is 4.68 Å². The average molecular weight is 313 g/mol. The van der Waals surface area contributed by atoms with E-state index in [9.17, 15) is 14.4 Å². The van der Waals surface area contributed by atoms with Gasteiger partial charge in [-0.1, -0.05) is 17.3 Å². The lowest BCUT2D eigenvalue weighted by atomic mass is 9.96. The molecule has 2 aliphatic rings. The van der Waals surface area contributed by atoms with Crippen LogP contribution in [0.2, 0.25) is 0 Å². The van der Waals surface area contributed by atoms with Crippen LogP contribution in [0, 0.1) is 5.92 Å². The van der Waals surface area contributed by atoms with Crippen molar-refractivity contribution in [1.82, 2.24) is 25.2 Å². The standard InChI is InChI=1S/C15H15N5O3/c1-15(9-6-7-9)13(22)19(14(23)16-15)8-20-12(21)10-4-2-3-5-11(10)17-18-20/h2-5,9H,6-8H2,1H3,(H,16,23). The van der Waals surface area contributed by atoms with Crippen LogP contribution in [0.4, 0.5) is 4.79 Å². The number of rotatable bonds is 3. The molecule has 23 heavy (non-hydrogen) atoms. The van der Waals surface area contributed by atoms with Crippen LogP contribution in [0.1, 0.15) is 19.8 Å². The van der Waals surface area contributed by atoms with Crippen LogP contribution in [-0.4, -0.2) is 37.4 Å². The third-order valence-corrected chi connectivity index (χ3v) is 4.60. The van der Waals surface area contributed by atoms with Crippen LogP contribution in [0.25, 0.3) is 10.9 Å². The van der Waals surface area contributed by atoms with Crippen LogP contribution in [0.15, 0.2) is 29.1 Å². The van der Waals surface area contributed by atoms with E-state index in [2.05, 4.69) is 15.6 Å². The Morgan fingerprint density at radius 3 is 2.74 bits per heavy atom. The van der Waals surface area contributed by atoms with E-state index in [4.69, 9.17) is 0 Å². The van der Waals surface area contributed by atoms with Gasteiger partial charge in [-0.3, -0.25) is 9.59 Å². The number of benzene rings is 1. The SMILES string of the molecule is CC1(C2CC2)NC(=O)N(Cn2nnc3ccccc3c2=O)C1=O. The van der Waals surface area contributed by atoms with Gasteiger partial charge in [0.25, 0.3) is 11.5 Å². The largest absolute Gasteiger partial charge is 0.326 e. The van der Waals surface area contributed by atoms with Gasteiger partial charge in [0.05, 0.1) is 5.39 Å². The molecule has 118 valence electrons. The quantitative estimate of drug-likeness (QED) is 0.831. The van der Waals surface area contributed by atoms with Crippen molar-refractivity contribution in [3.63, 3.8) is 0 Å². The number of hydrogen-bond acceptors (Lipinski definition) is 5. The van der Waals surface area contributed by atoms with E-state index in [-0.39, 0.29) is 24.1 Å². The number of carbonyl (C=O) groups excluding carboxylic acids is 2.